The molecule has 0 heterocycles. The van der Waals surface area contributed by atoms with Crippen LogP contribution in [0.1, 0.15) is 50.1 Å². The lowest BCUT2D eigenvalue weighted by Crippen LogP contribution is -2.29. The van der Waals surface area contributed by atoms with E-state index >= 15 is 0 Å². The first-order valence-electron chi connectivity index (χ1n) is 7.33. The maximum Gasteiger partial charge on any atom is 0.217 e. The molecule has 4 N–H and O–H groups in total. The first-order valence-corrected chi connectivity index (χ1v) is 7.71. The summed E-state index contributed by atoms with van der Waals surface area (Å²) in [5.74, 6) is 0.400. The van der Waals surface area contributed by atoms with Gasteiger partial charge in [-0.15, -0.1) is 0 Å². The minimum Gasteiger partial charge on any atom is -0.495 e. The van der Waals surface area contributed by atoms with Gasteiger partial charge in [0.05, 0.1) is 12.1 Å². The Labute approximate surface area is 130 Å². The van der Waals surface area contributed by atoms with Crippen LogP contribution in [0, 0.1) is 5.41 Å². The van der Waals surface area contributed by atoms with E-state index in [0.717, 1.165) is 37.7 Å². The van der Waals surface area contributed by atoms with E-state index in [0.29, 0.717) is 17.2 Å². The molecule has 1 unspecified atom stereocenters. The van der Waals surface area contributed by atoms with Crippen LogP contribution in [0.3, 0.4) is 0 Å². The molecule has 0 radical (unpaired) electrons. The Morgan fingerprint density at radius 3 is 2.62 bits per heavy atom. The molecule has 4 nitrogen and oxygen atoms in total. The van der Waals surface area contributed by atoms with Crippen molar-refractivity contribution in [1.29, 1.82) is 0 Å². The number of halogens is 1. The van der Waals surface area contributed by atoms with E-state index in [1.54, 1.807) is 7.11 Å². The SMILES string of the molecule is COc1ccc(C(N)CC2(CC(N)=O)CCCC2)cc1Cl. The second-order valence-corrected chi connectivity index (χ2v) is 6.46. The number of primary amides is 1. The predicted molar refractivity (Wildman–Crippen MR) is 84.3 cm³/mol. The molecule has 0 spiro atoms. The monoisotopic (exact) mass is 310 g/mol. The van der Waals surface area contributed by atoms with Crippen LogP contribution in [0.25, 0.3) is 0 Å². The number of carbonyl (C=O) groups excluding carboxylic acids is 1. The average molecular weight is 311 g/mol. The van der Waals surface area contributed by atoms with Gasteiger partial charge in [0.2, 0.25) is 5.91 Å². The maximum atomic E-state index is 11.4. The van der Waals surface area contributed by atoms with Crippen molar-refractivity contribution in [2.24, 2.45) is 16.9 Å². The lowest BCUT2D eigenvalue weighted by atomic mass is 9.76. The third-order valence-corrected chi connectivity index (χ3v) is 4.77. The van der Waals surface area contributed by atoms with E-state index in [-0.39, 0.29) is 17.4 Å². The largest absolute Gasteiger partial charge is 0.495 e. The van der Waals surface area contributed by atoms with Crippen molar-refractivity contribution in [2.75, 3.05) is 7.11 Å². The molecule has 21 heavy (non-hydrogen) atoms. The van der Waals surface area contributed by atoms with Gasteiger partial charge in [-0.05, 0) is 42.4 Å². The summed E-state index contributed by atoms with van der Waals surface area (Å²) in [7, 11) is 1.58. The zero-order valence-corrected chi connectivity index (χ0v) is 13.2. The summed E-state index contributed by atoms with van der Waals surface area (Å²) in [6, 6.07) is 5.46. The molecule has 1 aliphatic rings. The lowest BCUT2D eigenvalue weighted by Gasteiger charge is -2.31. The third kappa shape index (κ3) is 3.89. The average Bonchev–Trinajstić information content (AvgIpc) is 2.85. The summed E-state index contributed by atoms with van der Waals surface area (Å²) >= 11 is 6.15. The first kappa shape index (κ1) is 16.1. The van der Waals surface area contributed by atoms with Crippen molar-refractivity contribution in [3.63, 3.8) is 0 Å². The summed E-state index contributed by atoms with van der Waals surface area (Å²) in [5.41, 5.74) is 12.7. The van der Waals surface area contributed by atoms with Crippen molar-refractivity contribution in [3.05, 3.63) is 28.8 Å². The number of amides is 1. The topological polar surface area (TPSA) is 78.3 Å². The summed E-state index contributed by atoms with van der Waals surface area (Å²) in [4.78, 5) is 11.4. The molecule has 1 aliphatic carbocycles. The Morgan fingerprint density at radius 2 is 2.10 bits per heavy atom. The van der Waals surface area contributed by atoms with E-state index < -0.39 is 0 Å². The zero-order valence-electron chi connectivity index (χ0n) is 12.4. The van der Waals surface area contributed by atoms with Crippen LogP contribution in [-0.4, -0.2) is 13.0 Å². The molecular formula is C16H23ClN2O2. The number of benzene rings is 1. The second kappa shape index (κ2) is 6.67. The molecular weight excluding hydrogens is 288 g/mol. The molecule has 0 aromatic heterocycles. The van der Waals surface area contributed by atoms with Gasteiger partial charge in [0.25, 0.3) is 0 Å². The molecule has 1 aromatic carbocycles. The van der Waals surface area contributed by atoms with Crippen LogP contribution in [0.2, 0.25) is 5.02 Å². The fourth-order valence-electron chi connectivity index (χ4n) is 3.45. The highest BCUT2D eigenvalue weighted by Crippen LogP contribution is 2.46. The number of hydrogen-bond donors (Lipinski definition) is 2. The normalized spacial score (nSPS) is 18.4. The van der Waals surface area contributed by atoms with E-state index in [1.165, 1.54) is 0 Å². The lowest BCUT2D eigenvalue weighted by molar-refractivity contribution is -0.120. The molecule has 0 aliphatic heterocycles. The van der Waals surface area contributed by atoms with Gasteiger partial charge >= 0.3 is 0 Å². The number of carbonyl (C=O) groups is 1. The van der Waals surface area contributed by atoms with E-state index in [4.69, 9.17) is 27.8 Å². The van der Waals surface area contributed by atoms with Gasteiger partial charge in [-0.1, -0.05) is 30.5 Å². The van der Waals surface area contributed by atoms with Crippen molar-refractivity contribution in [2.45, 2.75) is 44.6 Å². The fraction of sp³-hybridized carbons (Fsp3) is 0.562. The number of nitrogens with two attached hydrogens (primary N) is 2. The van der Waals surface area contributed by atoms with Gasteiger partial charge in [0.1, 0.15) is 5.75 Å². The minimum absolute atomic E-state index is 0.0440. The number of ether oxygens (including phenoxy) is 1. The van der Waals surface area contributed by atoms with Crippen LogP contribution < -0.4 is 16.2 Å². The molecule has 2 rings (SSSR count). The molecule has 1 atom stereocenters. The van der Waals surface area contributed by atoms with Crippen LogP contribution in [0.4, 0.5) is 0 Å². The summed E-state index contributed by atoms with van der Waals surface area (Å²) < 4.78 is 5.15. The highest BCUT2D eigenvalue weighted by molar-refractivity contribution is 6.32. The Bertz CT molecular complexity index is 513. The van der Waals surface area contributed by atoms with E-state index in [2.05, 4.69) is 0 Å². The van der Waals surface area contributed by atoms with Crippen LogP contribution in [0.5, 0.6) is 5.75 Å². The number of methoxy groups -OCH3 is 1. The molecule has 116 valence electrons. The molecule has 1 aromatic rings. The molecule has 1 fully saturated rings. The van der Waals surface area contributed by atoms with Gasteiger partial charge < -0.3 is 16.2 Å². The predicted octanol–water partition coefficient (Wildman–Crippen LogP) is 3.17. The van der Waals surface area contributed by atoms with Gasteiger partial charge in [-0.2, -0.15) is 0 Å². The van der Waals surface area contributed by atoms with E-state index in [1.807, 2.05) is 18.2 Å². The number of rotatable bonds is 6. The van der Waals surface area contributed by atoms with Crippen LogP contribution in [0.15, 0.2) is 18.2 Å². The van der Waals surface area contributed by atoms with Crippen molar-refractivity contribution in [1.82, 2.24) is 0 Å². The summed E-state index contributed by atoms with van der Waals surface area (Å²) in [5, 5.41) is 0.556. The Kier molecular flexibility index (Phi) is 5.12. The molecule has 1 saturated carbocycles. The molecule has 0 saturated heterocycles. The smallest absolute Gasteiger partial charge is 0.217 e. The maximum absolute atomic E-state index is 11.4. The Morgan fingerprint density at radius 1 is 1.43 bits per heavy atom. The highest BCUT2D eigenvalue weighted by Gasteiger charge is 2.37. The molecule has 0 bridgehead atoms. The van der Waals surface area contributed by atoms with E-state index in [9.17, 15) is 4.79 Å². The first-order chi connectivity index (χ1) is 9.96. The molecule has 5 heteroatoms. The van der Waals surface area contributed by atoms with Crippen molar-refractivity contribution < 1.29 is 9.53 Å². The van der Waals surface area contributed by atoms with Gasteiger partial charge in [-0.25, -0.2) is 0 Å². The van der Waals surface area contributed by atoms with Crippen LogP contribution >= 0.6 is 11.6 Å². The molecule has 1 amide bonds. The summed E-state index contributed by atoms with van der Waals surface area (Å²) in [6.45, 7) is 0. The number of hydrogen-bond acceptors (Lipinski definition) is 3. The quantitative estimate of drug-likeness (QED) is 0.847. The van der Waals surface area contributed by atoms with Gasteiger partial charge in [0, 0.05) is 12.5 Å². The van der Waals surface area contributed by atoms with Crippen molar-refractivity contribution >= 4 is 17.5 Å². The fourth-order valence-corrected chi connectivity index (χ4v) is 3.71. The Hall–Kier alpha value is -1.26. The van der Waals surface area contributed by atoms with Crippen molar-refractivity contribution in [3.8, 4) is 5.75 Å². The highest BCUT2D eigenvalue weighted by atomic mass is 35.5. The van der Waals surface area contributed by atoms with Gasteiger partial charge in [-0.3, -0.25) is 4.79 Å². The Balaban J connectivity index is 2.13. The summed E-state index contributed by atoms with van der Waals surface area (Å²) in [6.07, 6.45) is 5.51. The zero-order chi connectivity index (χ0) is 15.5. The van der Waals surface area contributed by atoms with Gasteiger partial charge in [0.15, 0.2) is 0 Å². The minimum atomic E-state index is -0.239. The van der Waals surface area contributed by atoms with Crippen LogP contribution in [-0.2, 0) is 4.79 Å². The third-order valence-electron chi connectivity index (χ3n) is 4.47. The standard InChI is InChI=1S/C16H23ClN2O2/c1-21-14-5-4-11(8-12(14)17)13(18)9-16(10-15(19)20)6-2-3-7-16/h4-5,8,13H,2-3,6-7,9-10,18H2,1H3,(H2,19,20). The second-order valence-electron chi connectivity index (χ2n) is 6.05.